The van der Waals surface area contributed by atoms with E-state index in [0.717, 1.165) is 12.6 Å². The number of rotatable bonds is 6. The first-order chi connectivity index (χ1) is 8.85. The Balaban J connectivity index is 1.84. The smallest absolute Gasteiger partial charge is 0.0223 e. The molecule has 18 heavy (non-hydrogen) atoms. The number of hydrogen-bond donors (Lipinski definition) is 1. The summed E-state index contributed by atoms with van der Waals surface area (Å²) in [6.07, 6.45) is 9.47. The number of nitrogens with zero attached hydrogens (tertiary/aromatic N) is 2. The zero-order valence-electron chi connectivity index (χ0n) is 12.1. The third-order valence-corrected chi connectivity index (χ3v) is 4.76. The standard InChI is InChI=1S/C15H31N3/c1-2-3-4-7-14(12-16)18-11-6-10-17-9-5-8-15(17)13-18/h14-15H,2-13,16H2,1H3. The summed E-state index contributed by atoms with van der Waals surface area (Å²) in [7, 11) is 0. The second-order valence-corrected chi connectivity index (χ2v) is 6.07. The van der Waals surface area contributed by atoms with Crippen molar-refractivity contribution >= 4 is 0 Å². The van der Waals surface area contributed by atoms with Crippen molar-refractivity contribution in [1.29, 1.82) is 0 Å². The predicted octanol–water partition coefficient (Wildman–Crippen LogP) is 2.06. The van der Waals surface area contributed by atoms with Crippen LogP contribution in [0.15, 0.2) is 0 Å². The van der Waals surface area contributed by atoms with Gasteiger partial charge in [-0.05, 0) is 45.3 Å². The molecule has 2 rings (SSSR count). The average Bonchev–Trinajstić information content (AvgIpc) is 2.73. The van der Waals surface area contributed by atoms with Gasteiger partial charge < -0.3 is 5.73 Å². The Kier molecular flexibility index (Phi) is 5.93. The van der Waals surface area contributed by atoms with Gasteiger partial charge in [-0.25, -0.2) is 0 Å². The van der Waals surface area contributed by atoms with E-state index >= 15 is 0 Å². The molecular formula is C15H31N3. The molecule has 0 saturated carbocycles. The van der Waals surface area contributed by atoms with Crippen LogP contribution < -0.4 is 5.73 Å². The minimum atomic E-state index is 0.636. The summed E-state index contributed by atoms with van der Waals surface area (Å²) < 4.78 is 0. The molecule has 2 aliphatic heterocycles. The molecule has 0 bridgehead atoms. The summed E-state index contributed by atoms with van der Waals surface area (Å²) >= 11 is 0. The largest absolute Gasteiger partial charge is 0.329 e. The molecule has 3 heteroatoms. The van der Waals surface area contributed by atoms with Crippen LogP contribution in [0.2, 0.25) is 0 Å². The number of hydrogen-bond acceptors (Lipinski definition) is 3. The van der Waals surface area contributed by atoms with Crippen LogP contribution in [0, 0.1) is 0 Å². The summed E-state index contributed by atoms with van der Waals surface area (Å²) in [6, 6.07) is 1.46. The van der Waals surface area contributed by atoms with Gasteiger partial charge in [0.15, 0.2) is 0 Å². The number of fused-ring (bicyclic) bond motifs is 1. The zero-order chi connectivity index (χ0) is 12.8. The summed E-state index contributed by atoms with van der Waals surface area (Å²) in [5, 5.41) is 0. The van der Waals surface area contributed by atoms with Crippen molar-refractivity contribution in [2.75, 3.05) is 32.7 Å². The predicted molar refractivity (Wildman–Crippen MR) is 77.8 cm³/mol. The molecule has 2 unspecified atom stereocenters. The Morgan fingerprint density at radius 2 is 2.00 bits per heavy atom. The van der Waals surface area contributed by atoms with E-state index in [2.05, 4.69) is 16.7 Å². The van der Waals surface area contributed by atoms with Crippen LogP contribution in [-0.4, -0.2) is 54.6 Å². The van der Waals surface area contributed by atoms with E-state index < -0.39 is 0 Å². The molecule has 0 aromatic heterocycles. The summed E-state index contributed by atoms with van der Waals surface area (Å²) in [5.41, 5.74) is 6.02. The Hall–Kier alpha value is -0.120. The van der Waals surface area contributed by atoms with Crippen LogP contribution >= 0.6 is 0 Å². The van der Waals surface area contributed by atoms with Crippen molar-refractivity contribution in [1.82, 2.24) is 9.80 Å². The zero-order valence-corrected chi connectivity index (χ0v) is 12.1. The van der Waals surface area contributed by atoms with Crippen LogP contribution in [0.25, 0.3) is 0 Å². The van der Waals surface area contributed by atoms with Crippen LogP contribution in [-0.2, 0) is 0 Å². The molecular weight excluding hydrogens is 222 g/mol. The van der Waals surface area contributed by atoms with Gasteiger partial charge in [0.05, 0.1) is 0 Å². The Labute approximate surface area is 113 Å². The molecule has 2 saturated heterocycles. The molecule has 2 fully saturated rings. The summed E-state index contributed by atoms with van der Waals surface area (Å²) in [6.45, 7) is 8.31. The highest BCUT2D eigenvalue weighted by Crippen LogP contribution is 2.23. The summed E-state index contributed by atoms with van der Waals surface area (Å²) in [4.78, 5) is 5.41. The fourth-order valence-electron chi connectivity index (χ4n) is 3.65. The van der Waals surface area contributed by atoms with E-state index in [1.807, 2.05) is 0 Å². The van der Waals surface area contributed by atoms with Crippen LogP contribution in [0.3, 0.4) is 0 Å². The molecule has 0 spiro atoms. The third kappa shape index (κ3) is 3.69. The fraction of sp³-hybridized carbons (Fsp3) is 1.00. The van der Waals surface area contributed by atoms with Crippen molar-refractivity contribution < 1.29 is 0 Å². The topological polar surface area (TPSA) is 32.5 Å². The highest BCUT2D eigenvalue weighted by Gasteiger charge is 2.30. The van der Waals surface area contributed by atoms with Gasteiger partial charge in [0.25, 0.3) is 0 Å². The molecule has 2 aliphatic rings. The molecule has 0 amide bonds. The normalized spacial score (nSPS) is 28.0. The average molecular weight is 253 g/mol. The molecule has 3 nitrogen and oxygen atoms in total. The molecule has 106 valence electrons. The minimum absolute atomic E-state index is 0.636. The lowest BCUT2D eigenvalue weighted by Crippen LogP contribution is -2.45. The first-order valence-electron chi connectivity index (χ1n) is 8.03. The number of unbranched alkanes of at least 4 members (excludes halogenated alkanes) is 2. The van der Waals surface area contributed by atoms with Gasteiger partial charge in [0.1, 0.15) is 0 Å². The second kappa shape index (κ2) is 7.46. The van der Waals surface area contributed by atoms with Crippen molar-refractivity contribution in [2.45, 2.75) is 64.0 Å². The highest BCUT2D eigenvalue weighted by molar-refractivity contribution is 4.87. The maximum atomic E-state index is 6.02. The van der Waals surface area contributed by atoms with Crippen molar-refractivity contribution in [3.8, 4) is 0 Å². The molecule has 2 N–H and O–H groups in total. The lowest BCUT2D eigenvalue weighted by molar-refractivity contribution is 0.166. The molecule has 0 aromatic rings. The van der Waals surface area contributed by atoms with Gasteiger partial charge in [-0.1, -0.05) is 26.2 Å². The van der Waals surface area contributed by atoms with Crippen LogP contribution in [0.1, 0.15) is 51.9 Å². The molecule has 2 heterocycles. The SMILES string of the molecule is CCCCCC(CN)N1CCCN2CCCC2C1. The summed E-state index contributed by atoms with van der Waals surface area (Å²) in [5.74, 6) is 0. The van der Waals surface area contributed by atoms with E-state index in [1.165, 1.54) is 71.1 Å². The van der Waals surface area contributed by atoms with E-state index in [9.17, 15) is 0 Å². The maximum Gasteiger partial charge on any atom is 0.0223 e. The van der Waals surface area contributed by atoms with Gasteiger partial charge in [-0.15, -0.1) is 0 Å². The lowest BCUT2D eigenvalue weighted by atomic mass is 10.1. The van der Waals surface area contributed by atoms with Gasteiger partial charge in [0.2, 0.25) is 0 Å². The van der Waals surface area contributed by atoms with E-state index in [-0.39, 0.29) is 0 Å². The third-order valence-electron chi connectivity index (χ3n) is 4.76. The van der Waals surface area contributed by atoms with Gasteiger partial charge in [-0.2, -0.15) is 0 Å². The monoisotopic (exact) mass is 253 g/mol. The molecule has 0 radical (unpaired) electrons. The van der Waals surface area contributed by atoms with E-state index in [0.29, 0.717) is 6.04 Å². The Bertz CT molecular complexity index is 232. The van der Waals surface area contributed by atoms with E-state index in [4.69, 9.17) is 5.73 Å². The molecule has 0 aromatic carbocycles. The fourth-order valence-corrected chi connectivity index (χ4v) is 3.65. The van der Waals surface area contributed by atoms with Gasteiger partial charge in [0, 0.05) is 25.2 Å². The maximum absolute atomic E-state index is 6.02. The van der Waals surface area contributed by atoms with Crippen molar-refractivity contribution in [2.24, 2.45) is 5.73 Å². The van der Waals surface area contributed by atoms with Crippen LogP contribution in [0.4, 0.5) is 0 Å². The van der Waals surface area contributed by atoms with Gasteiger partial charge >= 0.3 is 0 Å². The number of nitrogens with two attached hydrogens (primary N) is 1. The first kappa shape index (κ1) is 14.3. The quantitative estimate of drug-likeness (QED) is 0.736. The molecule has 0 aliphatic carbocycles. The Morgan fingerprint density at radius 3 is 2.78 bits per heavy atom. The lowest BCUT2D eigenvalue weighted by Gasteiger charge is -2.32. The van der Waals surface area contributed by atoms with Crippen molar-refractivity contribution in [3.63, 3.8) is 0 Å². The Morgan fingerprint density at radius 1 is 1.17 bits per heavy atom. The van der Waals surface area contributed by atoms with Crippen molar-refractivity contribution in [3.05, 3.63) is 0 Å². The first-order valence-corrected chi connectivity index (χ1v) is 8.03. The molecule has 2 atom stereocenters. The minimum Gasteiger partial charge on any atom is -0.329 e. The van der Waals surface area contributed by atoms with Gasteiger partial charge in [-0.3, -0.25) is 9.80 Å². The second-order valence-electron chi connectivity index (χ2n) is 6.07. The van der Waals surface area contributed by atoms with E-state index in [1.54, 1.807) is 0 Å². The highest BCUT2D eigenvalue weighted by atomic mass is 15.3. The van der Waals surface area contributed by atoms with Crippen LogP contribution in [0.5, 0.6) is 0 Å².